The van der Waals surface area contributed by atoms with Gasteiger partial charge >= 0.3 is 0 Å². The first-order chi connectivity index (χ1) is 46.8. The van der Waals surface area contributed by atoms with Crippen molar-refractivity contribution >= 4 is 45.1 Å². The van der Waals surface area contributed by atoms with Crippen molar-refractivity contribution in [2.75, 3.05) is 87.1 Å². The zero-order valence-corrected chi connectivity index (χ0v) is 57.0. The zero-order valence-electron chi connectivity index (χ0n) is 53.7. The van der Waals surface area contributed by atoms with Crippen molar-refractivity contribution in [2.45, 2.75) is 245 Å². The van der Waals surface area contributed by atoms with Crippen LogP contribution in [-0.4, -0.2) is 381 Å². The van der Waals surface area contributed by atoms with E-state index in [4.69, 9.17) is 145 Å². The first-order valence-corrected chi connectivity index (χ1v) is 37.3. The summed E-state index contributed by atoms with van der Waals surface area (Å²) in [5, 5.41) is 130. The average molecular weight is 1500 g/mol. The maximum absolute atomic E-state index is 11.7. The highest BCUT2D eigenvalue weighted by molar-refractivity contribution is 8.76. The van der Waals surface area contributed by atoms with Crippen LogP contribution in [0.2, 0.25) is 0 Å². The normalized spacial score (nSPS) is 48.0. The molecule has 36 N–H and O–H groups in total. The Labute approximate surface area is 581 Å². The van der Waals surface area contributed by atoms with Gasteiger partial charge in [0, 0.05) is 84.9 Å². The van der Waals surface area contributed by atoms with E-state index < -0.39 is 233 Å². The van der Waals surface area contributed by atoms with Crippen LogP contribution in [0.5, 0.6) is 0 Å². The molecule has 0 radical (unpaired) electrons. The molecule has 8 fully saturated rings. The molecule has 0 bridgehead atoms. The van der Waals surface area contributed by atoms with Gasteiger partial charge in [0.25, 0.3) is 0 Å². The quantitative estimate of drug-likeness (QED) is 0.0121. The predicted octanol–water partition coefficient (Wildman–Crippen LogP) is -14.0. The van der Waals surface area contributed by atoms with Gasteiger partial charge in [-0.1, -0.05) is 21.6 Å². The minimum atomic E-state index is -1.62. The first-order valence-electron chi connectivity index (χ1n) is 32.5. The van der Waals surface area contributed by atoms with Crippen LogP contribution in [0.1, 0.15) is 12.8 Å². The van der Waals surface area contributed by atoms with Crippen molar-refractivity contribution in [3.63, 3.8) is 0 Å². The number of nitrogens with two attached hydrogens (primary N) is 12. The molecule has 0 aromatic rings. The zero-order chi connectivity index (χ0) is 71.4. The molecule has 38 atom stereocenters. The number of hydrogen-bond acceptors (Lipinski definition) is 44. The van der Waals surface area contributed by atoms with Gasteiger partial charge in [-0.3, -0.25) is 0 Å². The van der Waals surface area contributed by atoms with Gasteiger partial charge in [0.05, 0.1) is 62.8 Å². The summed E-state index contributed by atoms with van der Waals surface area (Å²) in [6.07, 6.45) is -40.4. The van der Waals surface area contributed by atoms with Crippen LogP contribution >= 0.6 is 45.1 Å². The van der Waals surface area contributed by atoms with E-state index in [1.165, 1.54) is 23.5 Å². The van der Waals surface area contributed by atoms with Crippen molar-refractivity contribution in [3.8, 4) is 0 Å². The minimum Gasteiger partial charge on any atom is -0.389 e. The van der Waals surface area contributed by atoms with Crippen molar-refractivity contribution in [2.24, 2.45) is 68.8 Å². The van der Waals surface area contributed by atoms with Gasteiger partial charge in [0.15, 0.2) is 25.2 Å². The van der Waals surface area contributed by atoms with Crippen LogP contribution in [0, 0.1) is 0 Å². The smallest absolute Gasteiger partial charge is 0.220 e. The number of aliphatic hydroxyl groups excluding tert-OH is 12. The van der Waals surface area contributed by atoms with E-state index in [1.807, 2.05) is 0 Å². The van der Waals surface area contributed by atoms with Crippen molar-refractivity contribution < 1.29 is 138 Å². The molecule has 40 nitrogen and oxygen atoms in total. The summed E-state index contributed by atoms with van der Waals surface area (Å²) >= 11 is 2.78. The molecule has 0 aromatic carbocycles. The average Bonchev–Trinajstić information content (AvgIpc) is 1.41. The summed E-state index contributed by atoms with van der Waals surface area (Å²) in [6, 6.07) is -8.78. The maximum Gasteiger partial charge on any atom is 0.220 e. The summed E-state index contributed by atoms with van der Waals surface area (Å²) < 4.78 is 71.6. The Morgan fingerprint density at radius 3 is 0.857 bits per heavy atom. The topological polar surface area (TPSA) is 703 Å². The molecule has 574 valence electrons. The molecule has 98 heavy (non-hydrogen) atoms. The fourth-order valence-electron chi connectivity index (χ4n) is 12.4. The van der Waals surface area contributed by atoms with Gasteiger partial charge in [-0.2, -0.15) is 23.5 Å². The van der Waals surface area contributed by atoms with Crippen molar-refractivity contribution in [1.29, 1.82) is 0 Å². The third-order valence-corrected chi connectivity index (χ3v) is 22.7. The number of aliphatic hydroxyl groups is 12. The van der Waals surface area contributed by atoms with Crippen molar-refractivity contribution in [3.05, 3.63) is 0 Å². The molecule has 0 spiro atoms. The molecule has 0 amide bonds. The molecular weight excluding hydrogens is 1390 g/mol. The first kappa shape index (κ1) is 83.4. The van der Waals surface area contributed by atoms with Gasteiger partial charge < -0.3 is 187 Å². The Bertz CT molecular complexity index is 2160. The standard InChI is InChI=1S/C54H106N12O28S4/c55-11-21-33(69)37(73)27(63)49(81-21)87-43-19(61)9-17(59)31(67)47(43)91-93-53-41(77)45(89-51-29(65)39(75)35(71)23(13-57)83-51)25(85-53)15-95-5-1-79-3-7-97-98-8-4-80-2-6-96-16-26-46(90-52-30(66)40(76)36(72)24(14-58)84-52)42(78)54(86-26)94-92-48-32(68)18(60)10-20(62)44(48)88-50-28(64)38(74)34(70)22(12-56)82-50/h17-54,67-78H,1-16,55-66H2/t17-,18-,19+,20+,21-,22-,23+,24+,25-,26-,27-,28-,29-,30-,31+,32+,33-,34-,35-,36-,37-,38-,39-,40-,41-,42-,43-,44-,45-,46-,47-,48-,49-,50-,51-,52-,53+,54+/m1/s1. The van der Waals surface area contributed by atoms with Gasteiger partial charge in [0.1, 0.15) is 134 Å². The lowest BCUT2D eigenvalue weighted by molar-refractivity contribution is -0.430. The summed E-state index contributed by atoms with van der Waals surface area (Å²) in [5.41, 5.74) is 73.2. The monoisotopic (exact) mass is 1500 g/mol. The number of hydrogen-bond donors (Lipinski definition) is 24. The van der Waals surface area contributed by atoms with Gasteiger partial charge in [0.2, 0.25) is 12.6 Å². The molecule has 6 aliphatic heterocycles. The van der Waals surface area contributed by atoms with Crippen molar-refractivity contribution in [1.82, 2.24) is 0 Å². The van der Waals surface area contributed by atoms with Crippen LogP contribution in [0.15, 0.2) is 0 Å². The Balaban J connectivity index is 0.758. The van der Waals surface area contributed by atoms with E-state index in [-0.39, 0.29) is 50.5 Å². The van der Waals surface area contributed by atoms with Crippen LogP contribution in [0.25, 0.3) is 0 Å². The maximum atomic E-state index is 11.7. The number of rotatable bonds is 35. The lowest BCUT2D eigenvalue weighted by Gasteiger charge is -2.46. The second-order valence-corrected chi connectivity index (χ2v) is 30.3. The highest BCUT2D eigenvalue weighted by Crippen LogP contribution is 2.37. The van der Waals surface area contributed by atoms with Crippen LogP contribution in [0.4, 0.5) is 0 Å². The molecule has 0 unspecified atom stereocenters. The fourth-order valence-corrected chi connectivity index (χ4v) is 15.9. The predicted molar refractivity (Wildman–Crippen MR) is 346 cm³/mol. The number of thioether (sulfide) groups is 2. The van der Waals surface area contributed by atoms with Gasteiger partial charge in [-0.25, -0.2) is 19.6 Å². The Hall–Kier alpha value is -0.200. The second kappa shape index (κ2) is 39.6. The van der Waals surface area contributed by atoms with E-state index in [1.54, 1.807) is 21.6 Å². The molecule has 2 saturated carbocycles. The summed E-state index contributed by atoms with van der Waals surface area (Å²) in [5.74, 6) is 2.59. The summed E-state index contributed by atoms with van der Waals surface area (Å²) in [4.78, 5) is 22.8. The van der Waals surface area contributed by atoms with E-state index in [9.17, 15) is 61.3 Å². The highest BCUT2D eigenvalue weighted by Gasteiger charge is 2.57. The minimum absolute atomic E-state index is 0.0469. The molecule has 44 heteroatoms. The molecule has 8 rings (SSSR count). The van der Waals surface area contributed by atoms with Gasteiger partial charge in [-0.05, 0) is 12.8 Å². The third kappa shape index (κ3) is 20.5. The van der Waals surface area contributed by atoms with E-state index in [0.29, 0.717) is 49.4 Å². The van der Waals surface area contributed by atoms with Crippen LogP contribution in [0.3, 0.4) is 0 Å². The molecular formula is C54H106N12O28S4. The van der Waals surface area contributed by atoms with Crippen LogP contribution in [-0.2, 0) is 76.4 Å². The Morgan fingerprint density at radius 1 is 0.286 bits per heavy atom. The SMILES string of the molecule is NC[C@@H]1O[C@H](O[C@H]2[C@@H](O)[C@H](OO[C@@H]3[C@@H](O)[C@H](N)C[C@H](N)[C@H]3O[C@H]3O[C@H](CN)[C@@H](O)[C@H](O)[C@H]3N)O[C@@H]2CSCCOCCSSCCOCCSC[C@H]2O[C@@H](OO[C@@H]3[C@@H](O)[C@H](N)C[C@H](N)[C@H]3O[C@H]3O[C@H](CN)[C@@H](O)[C@H](O)[C@H]3N)[C@H](O)[C@@H]2O[C@H]2O[C@@H](CN)[C@@H](O)[C@H](O)[C@H]2N)[C@H](N)[C@@H](O)[C@@H]1O. The molecule has 2 aliphatic carbocycles. The van der Waals surface area contributed by atoms with Crippen LogP contribution < -0.4 is 68.8 Å². The Kier molecular flexibility index (Phi) is 33.7. The molecule has 6 saturated heterocycles. The highest BCUT2D eigenvalue weighted by atomic mass is 33.1. The number of ether oxygens (including phenoxy) is 12. The Morgan fingerprint density at radius 2 is 0.561 bits per heavy atom. The van der Waals surface area contributed by atoms with E-state index in [2.05, 4.69) is 0 Å². The third-order valence-electron chi connectivity index (χ3n) is 18.3. The summed E-state index contributed by atoms with van der Waals surface area (Å²) in [7, 11) is 3.16. The van der Waals surface area contributed by atoms with E-state index >= 15 is 0 Å². The van der Waals surface area contributed by atoms with E-state index in [0.717, 1.165) is 0 Å². The summed E-state index contributed by atoms with van der Waals surface area (Å²) in [6.45, 7) is 0.703. The molecule has 8 aliphatic rings. The van der Waals surface area contributed by atoms with Gasteiger partial charge in [-0.15, -0.1) is 0 Å². The molecule has 0 aromatic heterocycles. The lowest BCUT2D eigenvalue weighted by atomic mass is 9.84. The lowest BCUT2D eigenvalue weighted by Crippen LogP contribution is -2.67. The fraction of sp³-hybridized carbons (Fsp3) is 1.00. The second-order valence-electron chi connectivity index (χ2n) is 25.3. The largest absolute Gasteiger partial charge is 0.389 e. The molecule has 6 heterocycles.